The van der Waals surface area contributed by atoms with Gasteiger partial charge in [0.25, 0.3) is 5.91 Å². The van der Waals surface area contributed by atoms with E-state index >= 15 is 0 Å². The molecule has 2 rings (SSSR count). The number of hydrogen-bond acceptors (Lipinski definition) is 4. The van der Waals surface area contributed by atoms with Gasteiger partial charge < -0.3 is 9.90 Å². The van der Waals surface area contributed by atoms with Crippen LogP contribution in [0.25, 0.3) is 0 Å². The number of aliphatic carboxylic acids is 1. The van der Waals surface area contributed by atoms with Crippen LogP contribution in [0.4, 0.5) is 0 Å². The van der Waals surface area contributed by atoms with Crippen LogP contribution in [-0.2, 0) is 4.79 Å². The second kappa shape index (κ2) is 8.40. The summed E-state index contributed by atoms with van der Waals surface area (Å²) in [7, 11) is 0. The number of benzene rings is 2. The lowest BCUT2D eigenvalue weighted by Crippen LogP contribution is -2.24. The Labute approximate surface area is 148 Å². The van der Waals surface area contributed by atoms with Crippen LogP contribution in [0.5, 0.6) is 0 Å². The first-order valence-corrected chi connectivity index (χ1v) is 8.14. The topological polar surface area (TPSA) is 81.6 Å². The van der Waals surface area contributed by atoms with Crippen LogP contribution in [0.3, 0.4) is 0 Å². The van der Waals surface area contributed by atoms with E-state index in [1.165, 1.54) is 0 Å². The Morgan fingerprint density at radius 3 is 2.17 bits per heavy atom. The van der Waals surface area contributed by atoms with Crippen LogP contribution in [0.15, 0.2) is 58.1 Å². The largest absolute Gasteiger partial charge is 0.550 e. The Morgan fingerprint density at radius 1 is 1.00 bits per heavy atom. The van der Waals surface area contributed by atoms with Crippen molar-refractivity contribution in [1.82, 2.24) is 5.43 Å². The molecule has 0 saturated carbocycles. The van der Waals surface area contributed by atoms with Gasteiger partial charge in [-0.05, 0) is 49.6 Å². The van der Waals surface area contributed by atoms with Gasteiger partial charge in [0.1, 0.15) is 0 Å². The second-order valence-electron chi connectivity index (χ2n) is 5.24. The summed E-state index contributed by atoms with van der Waals surface area (Å²) in [5.74, 6) is -1.51. The number of carbonyl (C=O) groups excluding carboxylic acids is 2. The maximum atomic E-state index is 12.1. The molecule has 2 aromatic rings. The Morgan fingerprint density at radius 2 is 1.58 bits per heavy atom. The minimum Gasteiger partial charge on any atom is -0.550 e. The summed E-state index contributed by atoms with van der Waals surface area (Å²) in [5, 5.41) is 14.8. The minimum atomic E-state index is -1.16. The highest BCUT2D eigenvalue weighted by molar-refractivity contribution is 9.10. The molecule has 2 aromatic carbocycles. The summed E-state index contributed by atoms with van der Waals surface area (Å²) in [4.78, 5) is 22.8. The first-order valence-electron chi connectivity index (χ1n) is 7.35. The van der Waals surface area contributed by atoms with E-state index in [1.807, 2.05) is 31.2 Å². The van der Waals surface area contributed by atoms with Gasteiger partial charge in [-0.25, -0.2) is 5.43 Å². The van der Waals surface area contributed by atoms with Crippen LogP contribution >= 0.6 is 15.9 Å². The fraction of sp³-hybridized carbons (Fsp3) is 0.167. The first kappa shape index (κ1) is 17.9. The van der Waals surface area contributed by atoms with Crippen molar-refractivity contribution in [3.8, 4) is 0 Å². The van der Waals surface area contributed by atoms with Gasteiger partial charge in [0, 0.05) is 16.0 Å². The first-order chi connectivity index (χ1) is 11.5. The van der Waals surface area contributed by atoms with E-state index in [0.717, 1.165) is 15.6 Å². The molecule has 6 heteroatoms. The van der Waals surface area contributed by atoms with E-state index in [2.05, 4.69) is 26.5 Å². The van der Waals surface area contributed by atoms with Gasteiger partial charge >= 0.3 is 0 Å². The number of carboxylic acid groups (broad SMARTS) is 1. The molecule has 0 saturated heterocycles. The third-order valence-electron chi connectivity index (χ3n) is 3.35. The van der Waals surface area contributed by atoms with Gasteiger partial charge in [-0.15, -0.1) is 0 Å². The van der Waals surface area contributed by atoms with E-state index in [4.69, 9.17) is 0 Å². The zero-order valence-corrected chi connectivity index (χ0v) is 14.7. The lowest BCUT2D eigenvalue weighted by molar-refractivity contribution is -0.305. The summed E-state index contributed by atoms with van der Waals surface area (Å²) in [6, 6.07) is 14.3. The second-order valence-corrected chi connectivity index (χ2v) is 6.16. The summed E-state index contributed by atoms with van der Waals surface area (Å²) in [6.07, 6.45) is -0.00650. The average Bonchev–Trinajstić information content (AvgIpc) is 2.56. The highest BCUT2D eigenvalue weighted by Crippen LogP contribution is 2.13. The molecular formula is C18H16BrN2O3-. The zero-order valence-electron chi connectivity index (χ0n) is 13.1. The molecule has 24 heavy (non-hydrogen) atoms. The molecule has 0 radical (unpaired) electrons. The molecule has 0 bridgehead atoms. The third-order valence-corrected chi connectivity index (χ3v) is 3.88. The molecule has 0 aliphatic heterocycles. The Hall–Kier alpha value is -2.47. The molecule has 1 N–H and O–H groups in total. The highest BCUT2D eigenvalue weighted by atomic mass is 79.9. The SMILES string of the molecule is Cc1ccc(C(=O)N/N=C(/CCC(=O)[O-])c2ccc(Br)cc2)cc1. The van der Waals surface area contributed by atoms with Gasteiger partial charge in [0.05, 0.1) is 5.71 Å². The number of halogens is 1. The molecule has 0 aromatic heterocycles. The summed E-state index contributed by atoms with van der Waals surface area (Å²) in [5.41, 5.74) is 5.24. The maximum Gasteiger partial charge on any atom is 0.271 e. The number of rotatable bonds is 6. The fourth-order valence-electron chi connectivity index (χ4n) is 2.02. The smallest absolute Gasteiger partial charge is 0.271 e. The van der Waals surface area contributed by atoms with Crippen molar-refractivity contribution in [3.05, 3.63) is 69.7 Å². The minimum absolute atomic E-state index is 0.165. The van der Waals surface area contributed by atoms with E-state index < -0.39 is 5.97 Å². The number of amides is 1. The van der Waals surface area contributed by atoms with Gasteiger partial charge in [-0.2, -0.15) is 5.10 Å². The van der Waals surface area contributed by atoms with Crippen LogP contribution in [0.2, 0.25) is 0 Å². The molecule has 1 amide bonds. The van der Waals surface area contributed by atoms with Crippen LogP contribution in [-0.4, -0.2) is 17.6 Å². The molecule has 0 aliphatic rings. The van der Waals surface area contributed by atoms with Crippen molar-refractivity contribution in [1.29, 1.82) is 0 Å². The highest BCUT2D eigenvalue weighted by Gasteiger charge is 2.08. The normalized spacial score (nSPS) is 11.2. The molecule has 0 fully saturated rings. The zero-order chi connectivity index (χ0) is 17.5. The van der Waals surface area contributed by atoms with Gasteiger partial charge in [-0.1, -0.05) is 45.8 Å². The maximum absolute atomic E-state index is 12.1. The van der Waals surface area contributed by atoms with Crippen LogP contribution < -0.4 is 10.5 Å². The standard InChI is InChI=1S/C18H17BrN2O3/c1-12-2-4-14(5-3-12)18(24)21-20-16(10-11-17(22)23)13-6-8-15(19)9-7-13/h2-9H,10-11H2,1H3,(H,21,24)(H,22,23)/p-1/b20-16-. The van der Waals surface area contributed by atoms with Crippen LogP contribution in [0, 0.1) is 6.92 Å². The molecule has 0 spiro atoms. The van der Waals surface area contributed by atoms with E-state index in [-0.39, 0.29) is 18.7 Å². The molecule has 0 aliphatic carbocycles. The van der Waals surface area contributed by atoms with Crippen molar-refractivity contribution in [3.63, 3.8) is 0 Å². The number of hydrogen-bond donors (Lipinski definition) is 1. The molecule has 0 heterocycles. The summed E-state index contributed by atoms with van der Waals surface area (Å²) < 4.78 is 0.897. The van der Waals surface area contributed by atoms with E-state index in [1.54, 1.807) is 24.3 Å². The number of nitrogens with one attached hydrogen (secondary N) is 1. The lowest BCUT2D eigenvalue weighted by atomic mass is 10.1. The number of carboxylic acids is 1. The van der Waals surface area contributed by atoms with Gasteiger partial charge in [0.15, 0.2) is 0 Å². The Balaban J connectivity index is 2.17. The molecule has 0 unspecified atom stereocenters. The summed E-state index contributed by atoms with van der Waals surface area (Å²) in [6.45, 7) is 1.94. The number of aryl methyl sites for hydroxylation is 1. The summed E-state index contributed by atoms with van der Waals surface area (Å²) >= 11 is 3.34. The quantitative estimate of drug-likeness (QED) is 0.610. The Bertz CT molecular complexity index is 753. The van der Waals surface area contributed by atoms with Crippen molar-refractivity contribution in [2.45, 2.75) is 19.8 Å². The van der Waals surface area contributed by atoms with Crippen molar-refractivity contribution in [2.24, 2.45) is 5.10 Å². The fourth-order valence-corrected chi connectivity index (χ4v) is 2.28. The van der Waals surface area contributed by atoms with Crippen molar-refractivity contribution < 1.29 is 14.7 Å². The predicted octanol–water partition coefficient (Wildman–Crippen LogP) is 2.42. The number of hydrazone groups is 1. The Kier molecular flexibility index (Phi) is 6.26. The average molecular weight is 388 g/mol. The van der Waals surface area contributed by atoms with Crippen LogP contribution in [0.1, 0.15) is 34.3 Å². The molecule has 5 nitrogen and oxygen atoms in total. The molecular weight excluding hydrogens is 372 g/mol. The van der Waals surface area contributed by atoms with Gasteiger partial charge in [0.2, 0.25) is 0 Å². The van der Waals surface area contributed by atoms with Crippen molar-refractivity contribution in [2.75, 3.05) is 0 Å². The molecule has 124 valence electrons. The lowest BCUT2D eigenvalue weighted by Gasteiger charge is -2.09. The number of nitrogens with zero attached hydrogens (tertiary/aromatic N) is 1. The van der Waals surface area contributed by atoms with Gasteiger partial charge in [-0.3, -0.25) is 4.79 Å². The number of carbonyl (C=O) groups is 2. The monoisotopic (exact) mass is 387 g/mol. The predicted molar refractivity (Wildman–Crippen MR) is 93.6 cm³/mol. The molecule has 0 atom stereocenters. The van der Waals surface area contributed by atoms with E-state index in [9.17, 15) is 14.7 Å². The van der Waals surface area contributed by atoms with E-state index in [0.29, 0.717) is 11.3 Å². The third kappa shape index (κ3) is 5.31. The van der Waals surface area contributed by atoms with Crippen molar-refractivity contribution >= 4 is 33.5 Å².